The minimum atomic E-state index is -0.667. The number of nitrogens with one attached hydrogen (secondary N) is 3. The van der Waals surface area contributed by atoms with Crippen molar-refractivity contribution in [3.05, 3.63) is 148 Å². The maximum Gasteiger partial charge on any atom is 1.00 e. The van der Waals surface area contributed by atoms with Gasteiger partial charge in [-0.05, 0) is 220 Å². The predicted molar refractivity (Wildman–Crippen MR) is 521 cm³/mol. The number of hydrogen-bond donors (Lipinski definition) is 7. The summed E-state index contributed by atoms with van der Waals surface area (Å²) in [5.74, 6) is 0.253. The van der Waals surface area contributed by atoms with Gasteiger partial charge < -0.3 is 106 Å². The minimum Gasteiger partial charge on any atom is -0.870 e. The second-order valence-electron chi connectivity index (χ2n) is 36.9. The summed E-state index contributed by atoms with van der Waals surface area (Å²) >= 11 is 0. The van der Waals surface area contributed by atoms with Crippen molar-refractivity contribution >= 4 is 96.8 Å². The molecular formula is C100H132F6LiN18O15-. The number of nitrogen functional groups attached to an aromatic ring is 4. The summed E-state index contributed by atoms with van der Waals surface area (Å²) in [6, 6.07) is 18.3. The van der Waals surface area contributed by atoms with Crippen molar-refractivity contribution in [3.63, 3.8) is 0 Å². The van der Waals surface area contributed by atoms with Gasteiger partial charge in [0.2, 0.25) is 5.91 Å². The number of halogens is 6. The zero-order chi connectivity index (χ0) is 102. The Bertz CT molecular complexity index is 5980. The van der Waals surface area contributed by atoms with Gasteiger partial charge in [-0.15, -0.1) is 6.42 Å². The van der Waals surface area contributed by atoms with Gasteiger partial charge in [0.05, 0.1) is 62.9 Å². The predicted octanol–water partition coefficient (Wildman–Crippen LogP) is 14.6. The molecule has 0 bridgehead atoms. The van der Waals surface area contributed by atoms with E-state index in [1.165, 1.54) is 81.1 Å². The maximum atomic E-state index is 15.3. The summed E-state index contributed by atoms with van der Waals surface area (Å²) in [6.45, 7) is 32.4. The van der Waals surface area contributed by atoms with E-state index in [0.29, 0.717) is 102 Å². The molecule has 3 fully saturated rings. The van der Waals surface area contributed by atoms with E-state index < -0.39 is 34.5 Å². The molecule has 6 aromatic carbocycles. The molecule has 4 aromatic heterocycles. The average Bonchev–Trinajstić information content (AvgIpc) is 0.765. The van der Waals surface area contributed by atoms with Crippen LogP contribution in [-0.2, 0) is 19.1 Å². The van der Waals surface area contributed by atoms with Crippen molar-refractivity contribution in [1.29, 1.82) is 0 Å². The van der Waals surface area contributed by atoms with Crippen molar-refractivity contribution in [2.45, 2.75) is 258 Å². The fraction of sp³-hybridized carbons (Fsp3) is 0.500. The summed E-state index contributed by atoms with van der Waals surface area (Å²) in [6.07, 6.45) is 8.27. The zero-order valence-electron chi connectivity index (χ0n) is 84.4. The first kappa shape index (κ1) is 113. The Balaban J connectivity index is 0.000000219. The Morgan fingerprint density at radius 1 is 0.443 bits per heavy atom. The quantitative estimate of drug-likeness (QED) is 0.0188. The zero-order valence-corrected chi connectivity index (χ0v) is 84.4. The van der Waals surface area contributed by atoms with Gasteiger partial charge in [-0.3, -0.25) is 16.0 Å². The molecule has 40 heteroatoms. The van der Waals surface area contributed by atoms with E-state index in [0.717, 1.165) is 36.1 Å². The van der Waals surface area contributed by atoms with Crippen LogP contribution in [0.1, 0.15) is 233 Å². The number of carbonyl (C=O) groups is 3. The number of methoxy groups -OCH3 is 8. The van der Waals surface area contributed by atoms with Crippen molar-refractivity contribution in [2.24, 2.45) is 0 Å². The molecule has 0 saturated carbocycles. The van der Waals surface area contributed by atoms with Gasteiger partial charge in [0, 0.05) is 100 Å². The first-order valence-electron chi connectivity index (χ1n) is 46.0. The van der Waals surface area contributed by atoms with Crippen LogP contribution in [0, 0.1) is 34.9 Å². The van der Waals surface area contributed by atoms with Crippen LogP contribution < -0.4 is 95.6 Å². The fourth-order valence-corrected chi connectivity index (χ4v) is 18.4. The van der Waals surface area contributed by atoms with Crippen LogP contribution >= 0.6 is 0 Å². The molecule has 3 amide bonds. The van der Waals surface area contributed by atoms with E-state index in [1.807, 2.05) is 114 Å². The molecule has 14 rings (SSSR count). The summed E-state index contributed by atoms with van der Waals surface area (Å²) in [5, 5.41) is 11.4. The number of amides is 3. The number of nitrogens with zero attached hydrogens (tertiary/aromatic N) is 11. The smallest absolute Gasteiger partial charge is 0.870 e. The Kier molecular flexibility index (Phi) is 39.7. The van der Waals surface area contributed by atoms with E-state index in [1.54, 1.807) is 58.3 Å². The average molecular weight is 1950 g/mol. The molecule has 0 aliphatic carbocycles. The van der Waals surface area contributed by atoms with Crippen LogP contribution in [0.15, 0.2) is 78.9 Å². The monoisotopic (exact) mass is 1950 g/mol. The van der Waals surface area contributed by atoms with Crippen LogP contribution in [0.3, 0.4) is 0 Å². The second-order valence-corrected chi connectivity index (χ2v) is 36.9. The van der Waals surface area contributed by atoms with Crippen LogP contribution in [0.5, 0.6) is 46.0 Å². The van der Waals surface area contributed by atoms with Crippen molar-refractivity contribution in [2.75, 3.05) is 92.9 Å². The maximum absolute atomic E-state index is 15.3. The molecular weight excluding hydrogens is 1810 g/mol. The normalized spacial score (nSPS) is 20.0. The molecule has 140 heavy (non-hydrogen) atoms. The number of aromatic nitrogens is 8. The summed E-state index contributed by atoms with van der Waals surface area (Å²) in [4.78, 5) is 90.2. The standard InChI is InChI=1S/C28H35F2N5O3.C22H31FN4O4.C22H29FN4O4.C17H23FN4O2.C11H13FNO.Li.H2O/c1-6-32-21(17-7-9-19(29)10-8-17)14-23(36)35-15(2)11-18(12-16(35)3)28-33-25-20(27(31)34-28)13-22(37-4)26(38-5)24(25)30;2*1-11-8-13(9-12(2)27(11)21(28)31-22(3,4)5)20-25-17-14(19(24)26-20)10-15(29-6)18(30-7)16(17)23;1-8-5-10(6-9(2)20-8)17-21-14-11(16(19)22-17)7-12(23-3)15(24-4)13(14)18;1-2-13-11(7-8-14)9-3-5-10(12)6-4-9;;/h7-10,13,15-16,18,21,32H,6,11-12,14H2,1-5H3,(H2,31,33,34);10-13H,8-9H2,1-7H3,(H2,24,25,26);8,10-12H,9H2,1-7H3,(H2,24,25,26);7-10,20H,5-6H2,1-4H3,(H2,19,21,22);3-6,11,13H,2,7H2,1H3;;1H2/q;;;;-1;+1;/p-1/t15?,16?,18?,21-;;;;11-;;/m1...1../s1. The van der Waals surface area contributed by atoms with Gasteiger partial charge in [0.15, 0.2) is 75.1 Å². The number of piperidine rings is 3. The topological polar surface area (TPSA) is 444 Å². The Morgan fingerprint density at radius 2 is 0.757 bits per heavy atom. The number of carbonyl (C=O) groups excluding carboxylic acids is 4. The van der Waals surface area contributed by atoms with E-state index >= 15 is 13.2 Å². The van der Waals surface area contributed by atoms with Gasteiger partial charge in [0.25, 0.3) is 0 Å². The fourth-order valence-electron chi connectivity index (χ4n) is 18.4. The van der Waals surface area contributed by atoms with E-state index in [9.17, 15) is 32.3 Å². The number of ether oxygens (including phenoxy) is 10. The molecule has 10 atom stereocenters. The number of likely N-dealkylation sites (tertiary alicyclic amines) is 2. The summed E-state index contributed by atoms with van der Waals surface area (Å²) in [7, 11) is 11.2. The molecule has 8 unspecified atom stereocenters. The largest absolute Gasteiger partial charge is 1.00 e. The van der Waals surface area contributed by atoms with E-state index in [-0.39, 0.29) is 218 Å². The number of nitrogens with two attached hydrogens (primary N) is 4. The van der Waals surface area contributed by atoms with Crippen LogP contribution in [0.2, 0.25) is 0 Å². The van der Waals surface area contributed by atoms with Gasteiger partial charge in [0.1, 0.15) is 85.6 Å². The van der Waals surface area contributed by atoms with Crippen molar-refractivity contribution in [1.82, 2.24) is 70.5 Å². The van der Waals surface area contributed by atoms with Crippen molar-refractivity contribution in [3.8, 4) is 46.0 Å². The number of rotatable bonds is 22. The number of anilines is 4. The molecule has 10 aromatic rings. The van der Waals surface area contributed by atoms with E-state index in [2.05, 4.69) is 69.7 Å². The third-order valence-corrected chi connectivity index (χ3v) is 24.4. The third kappa shape index (κ3) is 26.7. The molecule has 756 valence electrons. The second kappa shape index (κ2) is 49.2. The van der Waals surface area contributed by atoms with Gasteiger partial charge in [-0.2, -0.15) is 0 Å². The molecule has 12 N–H and O–H groups in total. The van der Waals surface area contributed by atoms with Crippen LogP contribution in [0.25, 0.3) is 49.2 Å². The SMILES string of the molecule is CCN[C@H](CC(=O)N1C(C)CC(c2nc(N)c3cc(OC)c(OC)c(F)c3n2)CC1C)c1ccc(F)cc1.CCN[C@H](C[C-]=O)c1ccc(F)cc1.COc1cc2c(N)nc(C3=CC(C)N(C(=O)OC(C)(C)C)C(C)C3)nc2c(F)c1OC.COc1cc2c(N)nc(C3CC(C)N(C(=O)OC(C)(C)C)C(C)C3)nc2c(F)c1OC.COc1cc2c(N)nc(C3CC(C)NC(C)C3)nc2c(F)c1OC.[Li+].[OH-]. The third-order valence-electron chi connectivity index (χ3n) is 24.4. The molecule has 4 aliphatic rings. The Labute approximate surface area is 825 Å². The van der Waals surface area contributed by atoms with Crippen LogP contribution in [0.4, 0.5) is 59.2 Å². The summed E-state index contributed by atoms with van der Waals surface area (Å²) in [5.41, 5.74) is 26.4. The van der Waals surface area contributed by atoms with Gasteiger partial charge >= 0.3 is 31.0 Å². The molecule has 0 radical (unpaired) electrons. The first-order valence-corrected chi connectivity index (χ1v) is 46.0. The molecule has 4 aliphatic heterocycles. The Hall–Kier alpha value is -12.3. The van der Waals surface area contributed by atoms with Crippen molar-refractivity contribution < 1.29 is 117 Å². The van der Waals surface area contributed by atoms with Gasteiger partial charge in [-0.1, -0.05) is 44.2 Å². The summed E-state index contributed by atoms with van der Waals surface area (Å²) < 4.78 is 139. The molecule has 3 saturated heterocycles. The number of fused-ring (bicyclic) bond motifs is 4. The minimum absolute atomic E-state index is 0. The Morgan fingerprint density at radius 3 is 1.08 bits per heavy atom. The van der Waals surface area contributed by atoms with Crippen LogP contribution in [-0.4, -0.2) is 214 Å². The molecule has 0 spiro atoms. The first-order chi connectivity index (χ1) is 65.3. The number of benzene rings is 6. The van der Waals surface area contributed by atoms with Gasteiger partial charge in [-0.25, -0.2) is 75.8 Å². The number of hydrogen-bond acceptors (Lipinski definition) is 30. The molecule has 8 heterocycles. The molecule has 33 nitrogen and oxygen atoms in total. The van der Waals surface area contributed by atoms with E-state index in [4.69, 9.17) is 70.3 Å².